The van der Waals surface area contributed by atoms with Crippen LogP contribution in [0.5, 0.6) is 0 Å². The van der Waals surface area contributed by atoms with Crippen molar-refractivity contribution in [3.8, 4) is 11.1 Å². The van der Waals surface area contributed by atoms with Gasteiger partial charge in [-0.3, -0.25) is 4.79 Å². The average Bonchev–Trinajstić information content (AvgIpc) is 3.48. The number of aliphatic carboxylic acids is 1. The van der Waals surface area contributed by atoms with E-state index >= 15 is 0 Å². The van der Waals surface area contributed by atoms with E-state index in [-0.39, 0.29) is 25.4 Å². The lowest BCUT2D eigenvalue weighted by Crippen LogP contribution is -2.58. The summed E-state index contributed by atoms with van der Waals surface area (Å²) in [6.45, 7) is 3.22. The molecular formula is C27H29N3O5. The maximum absolute atomic E-state index is 13.0. The summed E-state index contributed by atoms with van der Waals surface area (Å²) < 4.78 is 5.59. The summed E-state index contributed by atoms with van der Waals surface area (Å²) in [7, 11) is 0. The summed E-state index contributed by atoms with van der Waals surface area (Å²) in [5, 5.41) is 14.7. The van der Waals surface area contributed by atoms with Gasteiger partial charge in [0.05, 0.1) is 0 Å². The number of carboxylic acids is 1. The molecule has 1 aliphatic rings. The Morgan fingerprint density at radius 2 is 1.66 bits per heavy atom. The van der Waals surface area contributed by atoms with Crippen molar-refractivity contribution >= 4 is 18.0 Å². The zero-order chi connectivity index (χ0) is 25.0. The molecule has 1 aromatic heterocycles. The Hall–Kier alpha value is -4.07. The summed E-state index contributed by atoms with van der Waals surface area (Å²) in [5.74, 6) is -1.85. The maximum Gasteiger partial charge on any atom is 0.407 e. The van der Waals surface area contributed by atoms with Crippen LogP contribution >= 0.6 is 0 Å². The largest absolute Gasteiger partial charge is 0.480 e. The molecule has 2 unspecified atom stereocenters. The van der Waals surface area contributed by atoms with Gasteiger partial charge in [0.1, 0.15) is 18.2 Å². The van der Waals surface area contributed by atoms with Crippen molar-refractivity contribution in [2.24, 2.45) is 0 Å². The van der Waals surface area contributed by atoms with Crippen molar-refractivity contribution in [3.63, 3.8) is 0 Å². The number of fused-ring (bicyclic) bond motifs is 3. The van der Waals surface area contributed by atoms with E-state index in [0.717, 1.165) is 27.9 Å². The quantitative estimate of drug-likeness (QED) is 0.375. The number of nitrogens with one attached hydrogen (secondary N) is 3. The van der Waals surface area contributed by atoms with Gasteiger partial charge in [0.25, 0.3) is 0 Å². The summed E-state index contributed by atoms with van der Waals surface area (Å²) in [5.41, 5.74) is 3.68. The van der Waals surface area contributed by atoms with Gasteiger partial charge in [0, 0.05) is 24.2 Å². The fourth-order valence-corrected chi connectivity index (χ4v) is 4.36. The van der Waals surface area contributed by atoms with Crippen molar-refractivity contribution in [2.45, 2.75) is 44.2 Å². The standard InChI is InChI=1S/C27H29N3O5/c1-3-27(2,25(32)33)30-24(31)23(15-17-9-8-14-28-17)29-26(34)35-16-22-20-12-6-4-10-18(20)19-11-5-7-13-21(19)22/h4-14,22-23,28H,3,15-16H2,1-2H3,(H,29,34)(H,30,31)(H,32,33). The molecule has 2 aromatic carbocycles. The van der Waals surface area contributed by atoms with Crippen LogP contribution in [0.4, 0.5) is 4.79 Å². The van der Waals surface area contributed by atoms with Crippen molar-refractivity contribution in [1.82, 2.24) is 15.6 Å². The Bertz CT molecular complexity index is 1180. The van der Waals surface area contributed by atoms with Gasteiger partial charge >= 0.3 is 12.1 Å². The molecule has 0 saturated heterocycles. The molecule has 0 spiro atoms. The van der Waals surface area contributed by atoms with Crippen LogP contribution in [0.25, 0.3) is 11.1 Å². The van der Waals surface area contributed by atoms with Crippen molar-refractivity contribution < 1.29 is 24.2 Å². The summed E-state index contributed by atoms with van der Waals surface area (Å²) in [4.78, 5) is 40.5. The maximum atomic E-state index is 13.0. The molecule has 2 amide bonds. The number of rotatable bonds is 9. The number of ether oxygens (including phenoxy) is 1. The van der Waals surface area contributed by atoms with Gasteiger partial charge < -0.3 is 25.5 Å². The van der Waals surface area contributed by atoms with Gasteiger partial charge in [-0.15, -0.1) is 0 Å². The minimum atomic E-state index is -1.45. The van der Waals surface area contributed by atoms with E-state index in [4.69, 9.17) is 4.74 Å². The number of carboxylic acid groups (broad SMARTS) is 1. The predicted molar refractivity (Wildman–Crippen MR) is 131 cm³/mol. The van der Waals surface area contributed by atoms with E-state index in [1.165, 1.54) is 6.92 Å². The van der Waals surface area contributed by atoms with Crippen LogP contribution in [-0.4, -0.2) is 46.2 Å². The van der Waals surface area contributed by atoms with Gasteiger partial charge in [-0.2, -0.15) is 0 Å². The molecule has 8 heteroatoms. The lowest BCUT2D eigenvalue weighted by atomic mass is 9.98. The molecule has 1 heterocycles. The number of amides is 2. The monoisotopic (exact) mass is 475 g/mol. The zero-order valence-corrected chi connectivity index (χ0v) is 19.7. The number of H-pyrrole nitrogens is 1. The average molecular weight is 476 g/mol. The molecule has 3 aromatic rings. The van der Waals surface area contributed by atoms with Crippen molar-refractivity contribution in [2.75, 3.05) is 6.61 Å². The Labute approximate surface area is 203 Å². The van der Waals surface area contributed by atoms with E-state index in [1.54, 1.807) is 25.3 Å². The van der Waals surface area contributed by atoms with Gasteiger partial charge in [0.15, 0.2) is 0 Å². The molecule has 35 heavy (non-hydrogen) atoms. The minimum absolute atomic E-state index is 0.110. The summed E-state index contributed by atoms with van der Waals surface area (Å²) in [6, 6.07) is 18.6. The van der Waals surface area contributed by atoms with Gasteiger partial charge in [-0.05, 0) is 47.7 Å². The van der Waals surface area contributed by atoms with E-state index in [1.807, 2.05) is 36.4 Å². The number of hydrogen-bond acceptors (Lipinski definition) is 4. The lowest BCUT2D eigenvalue weighted by Gasteiger charge is -2.27. The molecule has 182 valence electrons. The third kappa shape index (κ3) is 5.06. The van der Waals surface area contributed by atoms with E-state index < -0.39 is 29.6 Å². The van der Waals surface area contributed by atoms with Crippen LogP contribution in [0.15, 0.2) is 66.9 Å². The normalized spacial score (nSPS) is 14.8. The Kier molecular flexibility index (Phi) is 6.91. The number of benzene rings is 2. The van der Waals surface area contributed by atoms with Gasteiger partial charge in [-0.25, -0.2) is 9.59 Å². The molecule has 4 rings (SSSR count). The second kappa shape index (κ2) is 10.0. The van der Waals surface area contributed by atoms with E-state index in [0.29, 0.717) is 0 Å². The van der Waals surface area contributed by atoms with Crippen LogP contribution in [-0.2, 0) is 20.7 Å². The topological polar surface area (TPSA) is 121 Å². The first kappa shape index (κ1) is 24.1. The summed E-state index contributed by atoms with van der Waals surface area (Å²) in [6.07, 6.45) is 1.31. The number of aromatic nitrogens is 1. The minimum Gasteiger partial charge on any atom is -0.480 e. The second-order valence-electron chi connectivity index (χ2n) is 8.90. The lowest BCUT2D eigenvalue weighted by molar-refractivity contribution is -0.147. The van der Waals surface area contributed by atoms with Crippen molar-refractivity contribution in [3.05, 3.63) is 83.7 Å². The Morgan fingerprint density at radius 1 is 1.03 bits per heavy atom. The van der Waals surface area contributed by atoms with Crippen LogP contribution in [0.2, 0.25) is 0 Å². The van der Waals surface area contributed by atoms with Gasteiger partial charge in [0.2, 0.25) is 5.91 Å². The Morgan fingerprint density at radius 3 is 2.20 bits per heavy atom. The molecule has 0 fully saturated rings. The summed E-state index contributed by atoms with van der Waals surface area (Å²) >= 11 is 0. The predicted octanol–water partition coefficient (Wildman–Crippen LogP) is 3.83. The molecule has 1 aliphatic carbocycles. The third-order valence-corrected chi connectivity index (χ3v) is 6.62. The first-order chi connectivity index (χ1) is 16.8. The molecule has 0 radical (unpaired) electrons. The van der Waals surface area contributed by atoms with E-state index in [9.17, 15) is 19.5 Å². The highest BCUT2D eigenvalue weighted by molar-refractivity contribution is 5.91. The number of alkyl carbamates (subject to hydrolysis) is 1. The van der Waals surface area contributed by atoms with Crippen molar-refractivity contribution in [1.29, 1.82) is 0 Å². The number of hydrogen-bond donors (Lipinski definition) is 4. The van der Waals surface area contributed by atoms with Crippen LogP contribution in [0.1, 0.15) is 43.0 Å². The fraction of sp³-hybridized carbons (Fsp3) is 0.296. The zero-order valence-electron chi connectivity index (χ0n) is 19.7. The highest BCUT2D eigenvalue weighted by Gasteiger charge is 2.36. The molecule has 0 bridgehead atoms. The number of carbonyl (C=O) groups excluding carboxylic acids is 2. The molecule has 2 atom stereocenters. The van der Waals surface area contributed by atoms with Crippen LogP contribution in [0.3, 0.4) is 0 Å². The fourth-order valence-electron chi connectivity index (χ4n) is 4.36. The second-order valence-corrected chi connectivity index (χ2v) is 8.90. The third-order valence-electron chi connectivity index (χ3n) is 6.62. The van der Waals surface area contributed by atoms with Gasteiger partial charge in [-0.1, -0.05) is 55.5 Å². The van der Waals surface area contributed by atoms with Crippen LogP contribution in [0, 0.1) is 0 Å². The first-order valence-corrected chi connectivity index (χ1v) is 11.6. The highest BCUT2D eigenvalue weighted by Crippen LogP contribution is 2.44. The smallest absolute Gasteiger partial charge is 0.407 e. The SMILES string of the molecule is CCC(C)(NC(=O)C(Cc1ccc[nH]1)NC(=O)OCC1c2ccccc2-c2ccccc21)C(=O)O. The molecule has 0 saturated carbocycles. The molecule has 0 aliphatic heterocycles. The highest BCUT2D eigenvalue weighted by atomic mass is 16.5. The first-order valence-electron chi connectivity index (χ1n) is 11.6. The number of carbonyl (C=O) groups is 3. The number of aromatic amines is 1. The van der Waals surface area contributed by atoms with E-state index in [2.05, 4.69) is 27.8 Å². The Balaban J connectivity index is 1.47. The molecular weight excluding hydrogens is 446 g/mol. The molecule has 4 N–H and O–H groups in total. The molecule has 8 nitrogen and oxygen atoms in total. The van der Waals surface area contributed by atoms with Crippen LogP contribution < -0.4 is 10.6 Å².